The van der Waals surface area contributed by atoms with Crippen LogP contribution in [-0.4, -0.2) is 125 Å². The van der Waals surface area contributed by atoms with Gasteiger partial charge in [-0.2, -0.15) is 0 Å². The molecule has 0 fully saturated rings. The van der Waals surface area contributed by atoms with Crippen molar-refractivity contribution < 1.29 is 25.5 Å². The highest BCUT2D eigenvalue weighted by molar-refractivity contribution is 4.65. The van der Waals surface area contributed by atoms with Crippen molar-refractivity contribution in [2.75, 3.05) is 79.5 Å². The molecule has 0 saturated carbocycles. The molecular weight excluding hydrogens is 292 g/mol. The highest BCUT2D eigenvalue weighted by Gasteiger charge is 2.11. The number of aliphatic hydroxyl groups is 5. The molecule has 9 nitrogen and oxygen atoms in total. The maximum absolute atomic E-state index is 9.19. The minimum atomic E-state index is -0.207. The fraction of sp³-hybridized carbons (Fsp3) is 1.00. The maximum atomic E-state index is 9.19. The Morgan fingerprint density at radius 1 is 0.455 bits per heavy atom. The Morgan fingerprint density at radius 3 is 1.00 bits per heavy atom. The molecule has 0 radical (unpaired) electrons. The van der Waals surface area contributed by atoms with Crippen LogP contribution in [0.4, 0.5) is 0 Å². The molecule has 0 aromatic carbocycles. The van der Waals surface area contributed by atoms with Crippen LogP contribution in [0.3, 0.4) is 0 Å². The van der Waals surface area contributed by atoms with Gasteiger partial charge in [0.15, 0.2) is 0 Å². The van der Waals surface area contributed by atoms with Crippen LogP contribution in [-0.2, 0) is 0 Å². The summed E-state index contributed by atoms with van der Waals surface area (Å²) in [6, 6.07) is 0. The molecule has 0 amide bonds. The summed E-state index contributed by atoms with van der Waals surface area (Å²) in [6.45, 7) is 5.60. The molecule has 9 heteroatoms. The second-order valence-corrected chi connectivity index (χ2v) is 5.05. The van der Waals surface area contributed by atoms with E-state index in [4.69, 9.17) is 20.4 Å². The molecule has 0 aromatic heterocycles. The van der Waals surface area contributed by atoms with Gasteiger partial charge in [-0.05, 0) is 6.54 Å². The predicted octanol–water partition coefficient (Wildman–Crippen LogP) is -3.04. The van der Waals surface area contributed by atoms with Crippen LogP contribution in [0.15, 0.2) is 0 Å². The minimum Gasteiger partial charge on any atom is -0.381 e. The molecule has 0 aliphatic heterocycles. The zero-order chi connectivity index (χ0) is 16.8. The van der Waals surface area contributed by atoms with Crippen molar-refractivity contribution >= 4 is 0 Å². The Balaban J connectivity index is 4.34. The van der Waals surface area contributed by atoms with Gasteiger partial charge < -0.3 is 25.5 Å². The second kappa shape index (κ2) is 14.2. The van der Waals surface area contributed by atoms with Gasteiger partial charge in [-0.1, -0.05) is 6.92 Å². The summed E-state index contributed by atoms with van der Waals surface area (Å²) in [5, 5.41) is 45.4. The number of rotatable bonds is 15. The van der Waals surface area contributed by atoms with Gasteiger partial charge in [-0.3, -0.25) is 19.6 Å². The number of hydrogen-bond acceptors (Lipinski definition) is 9. The Morgan fingerprint density at radius 2 is 0.727 bits per heavy atom. The molecule has 0 atom stereocenters. The number of likely N-dealkylation sites (N-methyl/N-ethyl adjacent to an activating group) is 1. The van der Waals surface area contributed by atoms with Crippen molar-refractivity contribution in [2.24, 2.45) is 0 Å². The highest BCUT2D eigenvalue weighted by Crippen LogP contribution is 1.96. The van der Waals surface area contributed by atoms with Crippen LogP contribution in [0.5, 0.6) is 0 Å². The SMILES string of the molecule is CCN(CO)CCN(CCN(CO)CO)CCN(CO)CO. The van der Waals surface area contributed by atoms with E-state index in [1.165, 1.54) is 9.80 Å². The molecule has 0 aliphatic rings. The Labute approximate surface area is 132 Å². The highest BCUT2D eigenvalue weighted by atomic mass is 16.3. The van der Waals surface area contributed by atoms with Gasteiger partial charge in [0.1, 0.15) is 0 Å². The zero-order valence-electron chi connectivity index (χ0n) is 13.5. The summed E-state index contributed by atoms with van der Waals surface area (Å²) in [4.78, 5) is 6.98. The van der Waals surface area contributed by atoms with Crippen molar-refractivity contribution in [3.63, 3.8) is 0 Å². The fourth-order valence-corrected chi connectivity index (χ4v) is 1.89. The molecular formula is C13H32N4O5. The van der Waals surface area contributed by atoms with E-state index in [0.29, 0.717) is 39.3 Å². The lowest BCUT2D eigenvalue weighted by Gasteiger charge is -2.29. The lowest BCUT2D eigenvalue weighted by atomic mass is 10.4. The van der Waals surface area contributed by atoms with E-state index >= 15 is 0 Å². The van der Waals surface area contributed by atoms with Crippen LogP contribution in [0.25, 0.3) is 0 Å². The first-order chi connectivity index (χ1) is 10.6. The van der Waals surface area contributed by atoms with E-state index in [9.17, 15) is 5.11 Å². The molecule has 0 heterocycles. The molecule has 134 valence electrons. The van der Waals surface area contributed by atoms with Crippen molar-refractivity contribution in [3.8, 4) is 0 Å². The van der Waals surface area contributed by atoms with Crippen LogP contribution in [0.2, 0.25) is 0 Å². The third-order valence-electron chi connectivity index (χ3n) is 3.64. The summed E-state index contributed by atoms with van der Waals surface area (Å²) in [6.07, 6.45) is 0. The zero-order valence-corrected chi connectivity index (χ0v) is 13.5. The van der Waals surface area contributed by atoms with Crippen LogP contribution in [0, 0.1) is 0 Å². The molecule has 0 spiro atoms. The summed E-state index contributed by atoms with van der Waals surface area (Å²) >= 11 is 0. The molecule has 0 aromatic rings. The van der Waals surface area contributed by atoms with E-state index in [1.54, 1.807) is 0 Å². The second-order valence-electron chi connectivity index (χ2n) is 5.05. The van der Waals surface area contributed by atoms with Crippen molar-refractivity contribution in [2.45, 2.75) is 6.92 Å². The van der Waals surface area contributed by atoms with Gasteiger partial charge in [0.25, 0.3) is 0 Å². The van der Waals surface area contributed by atoms with Gasteiger partial charge in [0.05, 0.1) is 33.7 Å². The minimum absolute atomic E-state index is 0.00313. The summed E-state index contributed by atoms with van der Waals surface area (Å²) in [7, 11) is 0. The quantitative estimate of drug-likeness (QED) is 0.201. The lowest BCUT2D eigenvalue weighted by molar-refractivity contribution is 0.00954. The van der Waals surface area contributed by atoms with Crippen LogP contribution < -0.4 is 0 Å². The van der Waals surface area contributed by atoms with E-state index in [1.807, 2.05) is 11.8 Å². The monoisotopic (exact) mass is 324 g/mol. The first-order valence-electron chi connectivity index (χ1n) is 7.58. The maximum Gasteiger partial charge on any atom is 0.0974 e. The van der Waals surface area contributed by atoms with Crippen LogP contribution in [0.1, 0.15) is 6.92 Å². The van der Waals surface area contributed by atoms with Gasteiger partial charge in [-0.25, -0.2) is 0 Å². The van der Waals surface area contributed by atoms with Crippen molar-refractivity contribution in [3.05, 3.63) is 0 Å². The standard InChI is InChI=1S/C13H32N4O5/c1-2-14(9-18)3-4-15(5-7-16(10-19)11-20)6-8-17(12-21)13-22/h18-22H,2-13H2,1H3. The first-order valence-corrected chi connectivity index (χ1v) is 7.58. The topological polar surface area (TPSA) is 114 Å². The molecule has 5 N–H and O–H groups in total. The number of nitrogens with zero attached hydrogens (tertiary/aromatic N) is 4. The fourth-order valence-electron chi connectivity index (χ4n) is 1.89. The van der Waals surface area contributed by atoms with Gasteiger partial charge >= 0.3 is 0 Å². The van der Waals surface area contributed by atoms with E-state index < -0.39 is 0 Å². The van der Waals surface area contributed by atoms with Gasteiger partial charge in [0.2, 0.25) is 0 Å². The van der Waals surface area contributed by atoms with Gasteiger partial charge in [0, 0.05) is 39.3 Å². The smallest absolute Gasteiger partial charge is 0.0974 e. The van der Waals surface area contributed by atoms with E-state index in [-0.39, 0.29) is 33.7 Å². The van der Waals surface area contributed by atoms with Crippen molar-refractivity contribution in [1.29, 1.82) is 0 Å². The normalized spacial score (nSPS) is 12.3. The molecule has 0 saturated heterocycles. The Kier molecular flexibility index (Phi) is 14.0. The van der Waals surface area contributed by atoms with Gasteiger partial charge in [-0.15, -0.1) is 0 Å². The largest absolute Gasteiger partial charge is 0.381 e. The molecule has 22 heavy (non-hydrogen) atoms. The predicted molar refractivity (Wildman–Crippen MR) is 82.5 cm³/mol. The summed E-state index contributed by atoms with van der Waals surface area (Å²) in [5.74, 6) is 0. The Hall–Kier alpha value is -0.360. The first kappa shape index (κ1) is 21.6. The average molecular weight is 324 g/mol. The molecule has 0 aliphatic carbocycles. The molecule has 0 rings (SSSR count). The lowest BCUT2D eigenvalue weighted by Crippen LogP contribution is -2.43. The average Bonchev–Trinajstić information content (AvgIpc) is 2.56. The number of hydrogen-bond donors (Lipinski definition) is 5. The van der Waals surface area contributed by atoms with Crippen LogP contribution >= 0.6 is 0 Å². The summed E-state index contributed by atoms with van der Waals surface area (Å²) < 4.78 is 0. The summed E-state index contributed by atoms with van der Waals surface area (Å²) in [5.41, 5.74) is 0. The molecule has 0 unspecified atom stereocenters. The number of aliphatic hydroxyl groups excluding tert-OH is 5. The molecule has 0 bridgehead atoms. The van der Waals surface area contributed by atoms with E-state index in [2.05, 4.69) is 4.90 Å². The third kappa shape index (κ3) is 9.62. The Bertz CT molecular complexity index is 200. The van der Waals surface area contributed by atoms with E-state index in [0.717, 1.165) is 6.54 Å². The van der Waals surface area contributed by atoms with Crippen molar-refractivity contribution in [1.82, 2.24) is 19.6 Å². The third-order valence-corrected chi connectivity index (χ3v) is 3.64.